The number of nitrogens with one attached hydrogen (secondary N) is 1. The Bertz CT molecular complexity index is 423. The van der Waals surface area contributed by atoms with Crippen molar-refractivity contribution in [3.05, 3.63) is 41.0 Å². The number of benzene rings is 1. The van der Waals surface area contributed by atoms with Crippen LogP contribution in [0.1, 0.15) is 22.6 Å². The van der Waals surface area contributed by atoms with Crippen LogP contribution in [0.3, 0.4) is 0 Å². The highest BCUT2D eigenvalue weighted by atomic mass is 16.5. The van der Waals surface area contributed by atoms with Gasteiger partial charge in [0.05, 0.1) is 0 Å². The van der Waals surface area contributed by atoms with Crippen LogP contribution in [-0.4, -0.2) is 13.2 Å². The zero-order valence-electron chi connectivity index (χ0n) is 8.92. The summed E-state index contributed by atoms with van der Waals surface area (Å²) in [6.45, 7) is 4.83. The first-order chi connectivity index (χ1) is 7.34. The second-order valence-electron chi connectivity index (χ2n) is 4.31. The normalized spacial score (nSPS) is 22.9. The molecule has 0 amide bonds. The van der Waals surface area contributed by atoms with Crippen molar-refractivity contribution < 1.29 is 4.74 Å². The minimum atomic E-state index is 0.492. The molecular formula is C13H15NO. The van der Waals surface area contributed by atoms with Gasteiger partial charge in [0.15, 0.2) is 0 Å². The average molecular weight is 201 g/mol. The van der Waals surface area contributed by atoms with E-state index in [4.69, 9.17) is 4.74 Å². The topological polar surface area (TPSA) is 21.3 Å². The van der Waals surface area contributed by atoms with Gasteiger partial charge in [-0.3, -0.25) is 0 Å². The Morgan fingerprint density at radius 3 is 3.27 bits per heavy atom. The van der Waals surface area contributed by atoms with Crippen LogP contribution in [0.4, 0.5) is 0 Å². The molecule has 0 aromatic heterocycles. The van der Waals surface area contributed by atoms with Crippen LogP contribution in [0.5, 0.6) is 5.75 Å². The number of aryl methyl sites for hydroxylation is 1. The summed E-state index contributed by atoms with van der Waals surface area (Å²) in [4.78, 5) is 0. The number of rotatable bonds is 0. The van der Waals surface area contributed by atoms with Gasteiger partial charge in [0.1, 0.15) is 12.4 Å². The van der Waals surface area contributed by atoms with Crippen LogP contribution in [0.15, 0.2) is 24.3 Å². The average Bonchev–Trinajstić information content (AvgIpc) is 2.42. The Kier molecular flexibility index (Phi) is 2.03. The molecule has 0 bridgehead atoms. The van der Waals surface area contributed by atoms with Crippen molar-refractivity contribution in [3.8, 4) is 5.75 Å². The van der Waals surface area contributed by atoms with Crippen LogP contribution >= 0.6 is 0 Å². The predicted molar refractivity (Wildman–Crippen MR) is 60.3 cm³/mol. The lowest BCUT2D eigenvalue weighted by atomic mass is 9.89. The van der Waals surface area contributed by atoms with Crippen molar-refractivity contribution in [2.75, 3.05) is 13.2 Å². The SMILES string of the molecule is Cc1cc2c3c(c1)OCC=CC3CNC2. The van der Waals surface area contributed by atoms with E-state index in [1.54, 1.807) is 0 Å². The number of hydrogen-bond acceptors (Lipinski definition) is 2. The Labute approximate surface area is 89.9 Å². The van der Waals surface area contributed by atoms with Gasteiger partial charge >= 0.3 is 0 Å². The maximum absolute atomic E-state index is 5.76. The molecule has 0 saturated heterocycles. The summed E-state index contributed by atoms with van der Waals surface area (Å²) in [6.07, 6.45) is 4.38. The molecule has 2 aliphatic rings. The first-order valence-electron chi connectivity index (χ1n) is 5.48. The van der Waals surface area contributed by atoms with E-state index in [0.717, 1.165) is 18.8 Å². The fourth-order valence-corrected chi connectivity index (χ4v) is 2.51. The Morgan fingerprint density at radius 2 is 2.33 bits per heavy atom. The third kappa shape index (κ3) is 1.45. The van der Waals surface area contributed by atoms with Crippen molar-refractivity contribution in [1.29, 1.82) is 0 Å². The van der Waals surface area contributed by atoms with Crippen LogP contribution in [0, 0.1) is 6.92 Å². The van der Waals surface area contributed by atoms with E-state index in [0.29, 0.717) is 12.5 Å². The summed E-state index contributed by atoms with van der Waals surface area (Å²) in [5, 5.41) is 3.45. The summed E-state index contributed by atoms with van der Waals surface area (Å²) in [5.41, 5.74) is 4.08. The summed E-state index contributed by atoms with van der Waals surface area (Å²) >= 11 is 0. The Hall–Kier alpha value is -1.28. The van der Waals surface area contributed by atoms with E-state index in [-0.39, 0.29) is 0 Å². The van der Waals surface area contributed by atoms with E-state index in [1.807, 2.05) is 0 Å². The second-order valence-corrected chi connectivity index (χ2v) is 4.31. The van der Waals surface area contributed by atoms with Gasteiger partial charge < -0.3 is 10.1 Å². The highest BCUT2D eigenvalue weighted by Gasteiger charge is 2.23. The zero-order valence-corrected chi connectivity index (χ0v) is 8.92. The molecule has 0 saturated carbocycles. The molecule has 1 unspecified atom stereocenters. The smallest absolute Gasteiger partial charge is 0.124 e. The molecule has 78 valence electrons. The van der Waals surface area contributed by atoms with Gasteiger partial charge in [0.2, 0.25) is 0 Å². The van der Waals surface area contributed by atoms with E-state index < -0.39 is 0 Å². The van der Waals surface area contributed by atoms with Gasteiger partial charge in [0, 0.05) is 24.6 Å². The van der Waals surface area contributed by atoms with Gasteiger partial charge in [-0.25, -0.2) is 0 Å². The lowest BCUT2D eigenvalue weighted by Gasteiger charge is -2.25. The molecule has 0 spiro atoms. The minimum absolute atomic E-state index is 0.492. The van der Waals surface area contributed by atoms with Gasteiger partial charge in [-0.2, -0.15) is 0 Å². The van der Waals surface area contributed by atoms with Crippen molar-refractivity contribution in [2.24, 2.45) is 0 Å². The summed E-state index contributed by atoms with van der Waals surface area (Å²) < 4.78 is 5.76. The van der Waals surface area contributed by atoms with Crippen molar-refractivity contribution in [1.82, 2.24) is 5.32 Å². The lowest BCUT2D eigenvalue weighted by Crippen LogP contribution is -2.27. The minimum Gasteiger partial charge on any atom is -0.489 e. The number of hydrogen-bond donors (Lipinski definition) is 1. The Balaban J connectivity index is 2.21. The molecule has 0 fully saturated rings. The van der Waals surface area contributed by atoms with E-state index >= 15 is 0 Å². The van der Waals surface area contributed by atoms with Crippen LogP contribution in [0.25, 0.3) is 0 Å². The fraction of sp³-hybridized carbons (Fsp3) is 0.385. The van der Waals surface area contributed by atoms with E-state index in [9.17, 15) is 0 Å². The highest BCUT2D eigenvalue weighted by Crippen LogP contribution is 2.36. The quantitative estimate of drug-likeness (QED) is 0.649. The molecule has 1 N–H and O–H groups in total. The van der Waals surface area contributed by atoms with Crippen molar-refractivity contribution in [2.45, 2.75) is 19.4 Å². The molecule has 15 heavy (non-hydrogen) atoms. The lowest BCUT2D eigenvalue weighted by molar-refractivity contribution is 0.359. The molecule has 1 aromatic carbocycles. The Morgan fingerprint density at radius 1 is 1.40 bits per heavy atom. The molecule has 0 aliphatic carbocycles. The molecule has 2 nitrogen and oxygen atoms in total. The van der Waals surface area contributed by atoms with Gasteiger partial charge in [-0.05, 0) is 24.1 Å². The third-order valence-corrected chi connectivity index (χ3v) is 3.13. The van der Waals surface area contributed by atoms with Crippen LogP contribution < -0.4 is 10.1 Å². The van der Waals surface area contributed by atoms with E-state index in [2.05, 4.69) is 36.5 Å². The molecule has 3 rings (SSSR count). The first kappa shape index (κ1) is 8.98. The van der Waals surface area contributed by atoms with Crippen molar-refractivity contribution in [3.63, 3.8) is 0 Å². The van der Waals surface area contributed by atoms with Gasteiger partial charge in [-0.1, -0.05) is 18.2 Å². The van der Waals surface area contributed by atoms with Crippen LogP contribution in [0.2, 0.25) is 0 Å². The maximum atomic E-state index is 5.76. The molecular weight excluding hydrogens is 186 g/mol. The molecule has 1 atom stereocenters. The molecule has 2 heterocycles. The molecule has 2 heteroatoms. The summed E-state index contributed by atoms with van der Waals surface area (Å²) in [5.74, 6) is 1.58. The first-order valence-corrected chi connectivity index (χ1v) is 5.48. The second kappa shape index (κ2) is 3.38. The van der Waals surface area contributed by atoms with Gasteiger partial charge in [-0.15, -0.1) is 0 Å². The van der Waals surface area contributed by atoms with E-state index in [1.165, 1.54) is 16.7 Å². The maximum Gasteiger partial charge on any atom is 0.124 e. The largest absolute Gasteiger partial charge is 0.489 e. The summed E-state index contributed by atoms with van der Waals surface area (Å²) in [6, 6.07) is 4.42. The van der Waals surface area contributed by atoms with Crippen LogP contribution in [-0.2, 0) is 6.54 Å². The van der Waals surface area contributed by atoms with Crippen molar-refractivity contribution >= 4 is 0 Å². The molecule has 2 aliphatic heterocycles. The predicted octanol–water partition coefficient (Wildman–Crippen LogP) is 2.13. The molecule has 1 aromatic rings. The third-order valence-electron chi connectivity index (χ3n) is 3.13. The number of ether oxygens (including phenoxy) is 1. The van der Waals surface area contributed by atoms with Gasteiger partial charge in [0.25, 0.3) is 0 Å². The summed E-state index contributed by atoms with van der Waals surface area (Å²) in [7, 11) is 0. The standard InChI is InChI=1S/C13H15NO/c1-9-5-11-8-14-7-10-3-2-4-15-12(6-9)13(10)11/h2-3,5-6,10,14H,4,7-8H2,1H3. The highest BCUT2D eigenvalue weighted by molar-refractivity contribution is 5.49. The fourth-order valence-electron chi connectivity index (χ4n) is 2.51. The monoisotopic (exact) mass is 201 g/mol. The zero-order chi connectivity index (χ0) is 10.3. The molecule has 0 radical (unpaired) electrons.